The average Bonchev–Trinajstić information content (AvgIpc) is 3.40. The van der Waals surface area contributed by atoms with Crippen molar-refractivity contribution in [1.29, 1.82) is 0 Å². The Bertz CT molecular complexity index is 1150. The van der Waals surface area contributed by atoms with E-state index in [4.69, 9.17) is 4.42 Å². The Kier molecular flexibility index (Phi) is 4.39. The van der Waals surface area contributed by atoms with Crippen LogP contribution in [-0.4, -0.2) is 28.5 Å². The molecule has 0 bridgehead atoms. The van der Waals surface area contributed by atoms with Gasteiger partial charge < -0.3 is 14.6 Å². The van der Waals surface area contributed by atoms with Crippen LogP contribution in [0.3, 0.4) is 0 Å². The smallest absolute Gasteiger partial charge is 0.243 e. The number of aromatic nitrogens is 2. The quantitative estimate of drug-likeness (QED) is 0.568. The summed E-state index contributed by atoms with van der Waals surface area (Å²) in [5.41, 5.74) is 1.72. The first-order valence-electron chi connectivity index (χ1n) is 9.96. The third-order valence-electron chi connectivity index (χ3n) is 5.58. The average molecular weight is 386 g/mol. The summed E-state index contributed by atoms with van der Waals surface area (Å²) in [6.45, 7) is 2.76. The monoisotopic (exact) mass is 386 g/mol. The van der Waals surface area contributed by atoms with Crippen molar-refractivity contribution in [2.45, 2.75) is 31.8 Å². The van der Waals surface area contributed by atoms with Crippen LogP contribution in [0.2, 0.25) is 0 Å². The van der Waals surface area contributed by atoms with E-state index in [0.717, 1.165) is 52.8 Å². The summed E-state index contributed by atoms with van der Waals surface area (Å²) in [6.07, 6.45) is 3.33. The lowest BCUT2D eigenvalue weighted by atomic mass is 10.1. The van der Waals surface area contributed by atoms with Gasteiger partial charge in [-0.15, -0.1) is 0 Å². The van der Waals surface area contributed by atoms with Gasteiger partial charge in [0.1, 0.15) is 29.5 Å². The highest BCUT2D eigenvalue weighted by Crippen LogP contribution is 2.30. The summed E-state index contributed by atoms with van der Waals surface area (Å²) in [5, 5.41) is 5.14. The van der Waals surface area contributed by atoms with Crippen LogP contribution in [-0.2, 0) is 4.79 Å². The molecule has 6 nitrogen and oxygen atoms in total. The molecule has 6 heteroatoms. The number of carbonyl (C=O) groups is 1. The minimum absolute atomic E-state index is 0.00171. The lowest BCUT2D eigenvalue weighted by Gasteiger charge is -2.26. The largest absolute Gasteiger partial charge is 0.459 e. The minimum atomic E-state index is -0.250. The van der Waals surface area contributed by atoms with E-state index in [-0.39, 0.29) is 18.0 Å². The van der Waals surface area contributed by atoms with Crippen LogP contribution in [0.4, 0.5) is 5.82 Å². The van der Waals surface area contributed by atoms with E-state index in [1.165, 1.54) is 0 Å². The molecule has 1 aliphatic heterocycles. The number of benzene rings is 2. The predicted molar refractivity (Wildman–Crippen MR) is 113 cm³/mol. The molecule has 2 atom stereocenters. The van der Waals surface area contributed by atoms with Gasteiger partial charge in [-0.05, 0) is 44.0 Å². The van der Waals surface area contributed by atoms with Crippen molar-refractivity contribution < 1.29 is 9.21 Å². The highest BCUT2D eigenvalue weighted by Gasteiger charge is 2.33. The number of hydrogen-bond donors (Lipinski definition) is 1. The van der Waals surface area contributed by atoms with Crippen molar-refractivity contribution in [1.82, 2.24) is 15.3 Å². The lowest BCUT2D eigenvalue weighted by Crippen LogP contribution is -2.44. The number of rotatable bonds is 4. The van der Waals surface area contributed by atoms with Gasteiger partial charge in [-0.3, -0.25) is 4.79 Å². The zero-order valence-corrected chi connectivity index (χ0v) is 16.2. The number of hydrogen-bond acceptors (Lipinski definition) is 5. The molecule has 5 rings (SSSR count). The fourth-order valence-electron chi connectivity index (χ4n) is 4.11. The van der Waals surface area contributed by atoms with E-state index in [1.54, 1.807) is 6.33 Å². The van der Waals surface area contributed by atoms with Gasteiger partial charge in [0.05, 0.1) is 11.6 Å². The number of fused-ring (bicyclic) bond motifs is 2. The van der Waals surface area contributed by atoms with Crippen LogP contribution in [0.5, 0.6) is 0 Å². The van der Waals surface area contributed by atoms with Crippen LogP contribution in [0.1, 0.15) is 31.6 Å². The summed E-state index contributed by atoms with van der Waals surface area (Å²) in [4.78, 5) is 24.1. The fraction of sp³-hybridized carbons (Fsp3) is 0.261. The second-order valence-electron chi connectivity index (χ2n) is 7.48. The summed E-state index contributed by atoms with van der Waals surface area (Å²) < 4.78 is 5.91. The molecule has 146 valence electrons. The Hall–Kier alpha value is -3.41. The zero-order valence-electron chi connectivity index (χ0n) is 16.2. The predicted octanol–water partition coefficient (Wildman–Crippen LogP) is 4.22. The highest BCUT2D eigenvalue weighted by atomic mass is 16.3. The van der Waals surface area contributed by atoms with Gasteiger partial charge in [-0.1, -0.05) is 30.3 Å². The standard InChI is InChI=1S/C23H22N4O2/c1-15(21-13-16-7-2-5-11-20(16)29-21)26-23(28)19-10-6-12-27(19)22-17-8-3-4-9-18(17)24-14-25-22/h2-5,7-9,11,13-15,19H,6,10,12H2,1H3,(H,26,28)/t15-,19+/m1/s1. The molecule has 0 radical (unpaired) electrons. The van der Waals surface area contributed by atoms with Gasteiger partial charge in [0.2, 0.25) is 5.91 Å². The maximum absolute atomic E-state index is 13.1. The van der Waals surface area contributed by atoms with Crippen molar-refractivity contribution >= 4 is 33.6 Å². The molecule has 1 aliphatic rings. The lowest BCUT2D eigenvalue weighted by molar-refractivity contribution is -0.123. The van der Waals surface area contributed by atoms with Gasteiger partial charge in [-0.2, -0.15) is 0 Å². The number of para-hydroxylation sites is 2. The first-order valence-corrected chi connectivity index (χ1v) is 9.96. The van der Waals surface area contributed by atoms with E-state index in [1.807, 2.05) is 61.5 Å². The van der Waals surface area contributed by atoms with Crippen molar-refractivity contribution in [3.8, 4) is 0 Å². The van der Waals surface area contributed by atoms with Gasteiger partial charge in [0, 0.05) is 17.3 Å². The Morgan fingerprint density at radius 1 is 1.17 bits per heavy atom. The maximum atomic E-state index is 13.1. The third kappa shape index (κ3) is 3.20. The SMILES string of the molecule is C[C@@H](NC(=O)[C@@H]1CCCN1c1ncnc2ccccc12)c1cc2ccccc2o1. The van der Waals surface area contributed by atoms with E-state index in [0.29, 0.717) is 0 Å². The summed E-state index contributed by atoms with van der Waals surface area (Å²) in [6, 6.07) is 17.3. The first-order chi connectivity index (χ1) is 14.2. The fourth-order valence-corrected chi connectivity index (χ4v) is 4.11. The number of furan rings is 1. The van der Waals surface area contributed by atoms with Crippen LogP contribution in [0.15, 0.2) is 65.3 Å². The second-order valence-corrected chi connectivity index (χ2v) is 7.48. The number of amides is 1. The molecule has 0 saturated carbocycles. The molecular weight excluding hydrogens is 364 g/mol. The Labute approximate surface area is 168 Å². The number of nitrogens with zero attached hydrogens (tertiary/aromatic N) is 3. The molecule has 4 aromatic rings. The van der Waals surface area contributed by atoms with Crippen molar-refractivity contribution in [3.05, 3.63) is 66.7 Å². The van der Waals surface area contributed by atoms with Gasteiger partial charge >= 0.3 is 0 Å². The summed E-state index contributed by atoms with van der Waals surface area (Å²) in [7, 11) is 0. The number of anilines is 1. The zero-order chi connectivity index (χ0) is 19.8. The molecular formula is C23H22N4O2. The maximum Gasteiger partial charge on any atom is 0.243 e. The van der Waals surface area contributed by atoms with E-state index in [2.05, 4.69) is 20.2 Å². The molecule has 0 spiro atoms. The van der Waals surface area contributed by atoms with Crippen LogP contribution < -0.4 is 10.2 Å². The Morgan fingerprint density at radius 3 is 2.90 bits per heavy atom. The third-order valence-corrected chi connectivity index (χ3v) is 5.58. The first kappa shape index (κ1) is 17.7. The van der Waals surface area contributed by atoms with Crippen molar-refractivity contribution in [2.75, 3.05) is 11.4 Å². The molecule has 29 heavy (non-hydrogen) atoms. The van der Waals surface area contributed by atoms with E-state index >= 15 is 0 Å². The normalized spacial score (nSPS) is 17.7. The van der Waals surface area contributed by atoms with E-state index < -0.39 is 0 Å². The molecule has 1 N–H and O–H groups in total. The molecule has 1 amide bonds. The van der Waals surface area contributed by atoms with Crippen LogP contribution in [0.25, 0.3) is 21.9 Å². The molecule has 3 heterocycles. The van der Waals surface area contributed by atoms with E-state index in [9.17, 15) is 4.79 Å². The van der Waals surface area contributed by atoms with Crippen LogP contribution >= 0.6 is 0 Å². The highest BCUT2D eigenvalue weighted by molar-refractivity contribution is 5.93. The molecule has 0 aliphatic carbocycles. The summed E-state index contributed by atoms with van der Waals surface area (Å²) >= 11 is 0. The Morgan fingerprint density at radius 2 is 2.00 bits per heavy atom. The molecule has 0 unspecified atom stereocenters. The van der Waals surface area contributed by atoms with Gasteiger partial charge in [0.25, 0.3) is 0 Å². The number of nitrogens with one attached hydrogen (secondary N) is 1. The van der Waals surface area contributed by atoms with Crippen molar-refractivity contribution in [3.63, 3.8) is 0 Å². The molecule has 2 aromatic carbocycles. The van der Waals surface area contributed by atoms with Crippen LogP contribution in [0, 0.1) is 0 Å². The Balaban J connectivity index is 1.38. The summed E-state index contributed by atoms with van der Waals surface area (Å²) in [5.74, 6) is 1.58. The molecule has 1 fully saturated rings. The number of carbonyl (C=O) groups excluding carboxylic acids is 1. The minimum Gasteiger partial charge on any atom is -0.459 e. The van der Waals surface area contributed by atoms with Gasteiger partial charge in [-0.25, -0.2) is 9.97 Å². The second kappa shape index (κ2) is 7.20. The van der Waals surface area contributed by atoms with Gasteiger partial charge in [0.15, 0.2) is 0 Å². The van der Waals surface area contributed by atoms with Crippen molar-refractivity contribution in [2.24, 2.45) is 0 Å². The molecule has 1 saturated heterocycles. The topological polar surface area (TPSA) is 71.3 Å². The molecule has 2 aromatic heterocycles.